The van der Waals surface area contributed by atoms with E-state index in [1.165, 1.54) is 11.4 Å². The average molecular weight is 439 g/mol. The lowest BCUT2D eigenvalue weighted by molar-refractivity contribution is 0.0954. The molecule has 1 N–H and O–H groups in total. The molecule has 3 aromatic carbocycles. The summed E-state index contributed by atoms with van der Waals surface area (Å²) in [6.45, 7) is 2.40. The van der Waals surface area contributed by atoms with E-state index in [2.05, 4.69) is 5.32 Å². The maximum atomic E-state index is 12.8. The van der Waals surface area contributed by atoms with Gasteiger partial charge in [-0.1, -0.05) is 29.8 Å². The number of sulfonamides is 1. The highest BCUT2D eigenvalue weighted by atomic mass is 32.2. The van der Waals surface area contributed by atoms with Gasteiger partial charge in [-0.3, -0.25) is 9.10 Å². The summed E-state index contributed by atoms with van der Waals surface area (Å²) in [6.07, 6.45) is 0.700. The number of amides is 1. The van der Waals surface area contributed by atoms with Crippen LogP contribution in [0.25, 0.3) is 0 Å². The second kappa shape index (κ2) is 9.66. The number of hydrogen-bond acceptors (Lipinski definition) is 4. The fourth-order valence-electron chi connectivity index (χ4n) is 3.04. The standard InChI is InChI=1S/C24H26N2O4S/c1-18-4-14-23(15-5-18)31(28,29)26(2)21-10-8-20(9-11-21)24(27)25-17-16-19-6-12-22(30-3)13-7-19/h4-15H,16-17H2,1-3H3,(H,25,27). The number of hydrogen-bond donors (Lipinski definition) is 1. The zero-order chi connectivity index (χ0) is 22.4. The van der Waals surface area contributed by atoms with Crippen molar-refractivity contribution in [1.82, 2.24) is 5.32 Å². The molecule has 3 aromatic rings. The van der Waals surface area contributed by atoms with E-state index in [4.69, 9.17) is 4.74 Å². The van der Waals surface area contributed by atoms with Crippen LogP contribution in [0.2, 0.25) is 0 Å². The molecule has 0 aliphatic rings. The van der Waals surface area contributed by atoms with E-state index < -0.39 is 10.0 Å². The summed E-state index contributed by atoms with van der Waals surface area (Å²) >= 11 is 0. The molecule has 0 fully saturated rings. The van der Waals surface area contributed by atoms with Crippen molar-refractivity contribution in [2.45, 2.75) is 18.2 Å². The first-order valence-corrected chi connectivity index (χ1v) is 11.3. The minimum Gasteiger partial charge on any atom is -0.497 e. The van der Waals surface area contributed by atoms with E-state index in [1.54, 1.807) is 55.6 Å². The molecule has 6 nitrogen and oxygen atoms in total. The number of ether oxygens (including phenoxy) is 1. The molecule has 0 aliphatic heterocycles. The molecule has 0 bridgehead atoms. The fraction of sp³-hybridized carbons (Fsp3) is 0.208. The van der Waals surface area contributed by atoms with Gasteiger partial charge in [0.25, 0.3) is 15.9 Å². The van der Waals surface area contributed by atoms with Crippen LogP contribution in [0.3, 0.4) is 0 Å². The van der Waals surface area contributed by atoms with Crippen LogP contribution in [0, 0.1) is 6.92 Å². The lowest BCUT2D eigenvalue weighted by Crippen LogP contribution is -2.27. The molecule has 0 aromatic heterocycles. The molecule has 0 saturated carbocycles. The Hall–Kier alpha value is -3.32. The Bertz CT molecular complexity index is 1120. The Kier molecular flexibility index (Phi) is 6.97. The minimum atomic E-state index is -3.67. The summed E-state index contributed by atoms with van der Waals surface area (Å²) in [6, 6.07) is 20.9. The third-order valence-corrected chi connectivity index (χ3v) is 6.83. The Morgan fingerprint density at radius 1 is 0.935 bits per heavy atom. The lowest BCUT2D eigenvalue weighted by atomic mass is 10.1. The van der Waals surface area contributed by atoms with E-state index in [0.29, 0.717) is 24.2 Å². The Balaban J connectivity index is 1.60. The molecule has 31 heavy (non-hydrogen) atoms. The summed E-state index contributed by atoms with van der Waals surface area (Å²) in [7, 11) is -0.548. The van der Waals surface area contributed by atoms with Crippen LogP contribution in [-0.2, 0) is 16.4 Å². The van der Waals surface area contributed by atoms with Crippen molar-refractivity contribution in [1.29, 1.82) is 0 Å². The van der Waals surface area contributed by atoms with E-state index in [1.807, 2.05) is 31.2 Å². The third kappa shape index (κ3) is 5.44. The number of rotatable bonds is 8. The molecule has 7 heteroatoms. The van der Waals surface area contributed by atoms with E-state index in [-0.39, 0.29) is 10.8 Å². The number of nitrogens with one attached hydrogen (secondary N) is 1. The first kappa shape index (κ1) is 22.4. The monoisotopic (exact) mass is 438 g/mol. The van der Waals surface area contributed by atoms with Gasteiger partial charge in [0.2, 0.25) is 0 Å². The Morgan fingerprint density at radius 2 is 1.55 bits per heavy atom. The predicted molar refractivity (Wildman–Crippen MR) is 122 cm³/mol. The SMILES string of the molecule is COc1ccc(CCNC(=O)c2ccc(N(C)S(=O)(=O)c3ccc(C)cc3)cc2)cc1. The zero-order valence-corrected chi connectivity index (χ0v) is 18.6. The molecular formula is C24H26N2O4S. The largest absolute Gasteiger partial charge is 0.497 e. The van der Waals surface area contributed by atoms with Gasteiger partial charge in [0, 0.05) is 19.2 Å². The minimum absolute atomic E-state index is 0.205. The lowest BCUT2D eigenvalue weighted by Gasteiger charge is -2.20. The zero-order valence-electron chi connectivity index (χ0n) is 17.8. The van der Waals surface area contributed by atoms with Crippen LogP contribution >= 0.6 is 0 Å². The van der Waals surface area contributed by atoms with Crippen molar-refractivity contribution in [2.75, 3.05) is 25.0 Å². The Morgan fingerprint density at radius 3 is 2.13 bits per heavy atom. The number of carbonyl (C=O) groups is 1. The van der Waals surface area contributed by atoms with Gasteiger partial charge < -0.3 is 10.1 Å². The fourth-order valence-corrected chi connectivity index (χ4v) is 4.24. The van der Waals surface area contributed by atoms with Gasteiger partial charge in [-0.05, 0) is 67.4 Å². The van der Waals surface area contributed by atoms with Crippen molar-refractivity contribution in [3.05, 3.63) is 89.5 Å². The van der Waals surface area contributed by atoms with Gasteiger partial charge in [-0.15, -0.1) is 0 Å². The topological polar surface area (TPSA) is 75.7 Å². The normalized spacial score (nSPS) is 11.1. The maximum absolute atomic E-state index is 12.8. The van der Waals surface area contributed by atoms with Crippen molar-refractivity contribution < 1.29 is 17.9 Å². The number of aryl methyl sites for hydroxylation is 1. The van der Waals surface area contributed by atoms with Crippen molar-refractivity contribution in [3.63, 3.8) is 0 Å². The molecule has 1 amide bonds. The van der Waals surface area contributed by atoms with Gasteiger partial charge in [-0.25, -0.2) is 8.42 Å². The van der Waals surface area contributed by atoms with Gasteiger partial charge >= 0.3 is 0 Å². The highest BCUT2D eigenvalue weighted by Crippen LogP contribution is 2.22. The highest BCUT2D eigenvalue weighted by molar-refractivity contribution is 7.92. The quantitative estimate of drug-likeness (QED) is 0.580. The van der Waals surface area contributed by atoms with Crippen LogP contribution in [-0.4, -0.2) is 35.0 Å². The molecule has 0 radical (unpaired) electrons. The number of benzene rings is 3. The maximum Gasteiger partial charge on any atom is 0.264 e. The highest BCUT2D eigenvalue weighted by Gasteiger charge is 2.21. The second-order valence-electron chi connectivity index (χ2n) is 7.19. The average Bonchev–Trinajstić information content (AvgIpc) is 2.79. The molecule has 162 valence electrons. The Labute approximate surface area is 183 Å². The molecule has 0 saturated heterocycles. The van der Waals surface area contributed by atoms with Gasteiger partial charge in [-0.2, -0.15) is 0 Å². The second-order valence-corrected chi connectivity index (χ2v) is 9.16. The number of methoxy groups -OCH3 is 1. The molecule has 3 rings (SSSR count). The van der Waals surface area contributed by atoms with Crippen LogP contribution < -0.4 is 14.4 Å². The number of carbonyl (C=O) groups excluding carboxylic acids is 1. The van der Waals surface area contributed by atoms with Crippen LogP contribution in [0.15, 0.2) is 77.7 Å². The van der Waals surface area contributed by atoms with Gasteiger partial charge in [0.15, 0.2) is 0 Å². The first-order valence-electron chi connectivity index (χ1n) is 9.88. The van der Waals surface area contributed by atoms with Crippen molar-refractivity contribution in [2.24, 2.45) is 0 Å². The van der Waals surface area contributed by atoms with Crippen LogP contribution in [0.4, 0.5) is 5.69 Å². The molecule has 0 heterocycles. The van der Waals surface area contributed by atoms with Gasteiger partial charge in [0.05, 0.1) is 17.7 Å². The molecule has 0 unspecified atom stereocenters. The van der Waals surface area contributed by atoms with Crippen LogP contribution in [0.5, 0.6) is 5.75 Å². The smallest absolute Gasteiger partial charge is 0.264 e. The van der Waals surface area contributed by atoms with Crippen LogP contribution in [0.1, 0.15) is 21.5 Å². The third-order valence-electron chi connectivity index (χ3n) is 5.03. The van der Waals surface area contributed by atoms with E-state index in [0.717, 1.165) is 16.9 Å². The van der Waals surface area contributed by atoms with E-state index in [9.17, 15) is 13.2 Å². The summed E-state index contributed by atoms with van der Waals surface area (Å²) in [5.74, 6) is 0.589. The molecule has 0 spiro atoms. The molecular weight excluding hydrogens is 412 g/mol. The summed E-state index contributed by atoms with van der Waals surface area (Å²) in [5.41, 5.74) is 3.04. The van der Waals surface area contributed by atoms with E-state index >= 15 is 0 Å². The summed E-state index contributed by atoms with van der Waals surface area (Å²) < 4.78 is 32.0. The van der Waals surface area contributed by atoms with Crippen molar-refractivity contribution >= 4 is 21.6 Å². The predicted octanol–water partition coefficient (Wildman–Crippen LogP) is 3.80. The number of nitrogens with zero attached hydrogens (tertiary/aromatic N) is 1. The molecule has 0 atom stereocenters. The van der Waals surface area contributed by atoms with Gasteiger partial charge in [0.1, 0.15) is 5.75 Å². The summed E-state index contributed by atoms with van der Waals surface area (Å²) in [5, 5.41) is 2.88. The first-order chi connectivity index (χ1) is 14.8. The molecule has 0 aliphatic carbocycles. The number of anilines is 1. The summed E-state index contributed by atoms with van der Waals surface area (Å²) in [4.78, 5) is 12.6. The van der Waals surface area contributed by atoms with Crippen molar-refractivity contribution in [3.8, 4) is 5.75 Å².